The Morgan fingerprint density at radius 1 is 1.36 bits per heavy atom. The van der Waals surface area contributed by atoms with Crippen LogP contribution in [0.4, 0.5) is 5.69 Å². The highest BCUT2D eigenvalue weighted by Crippen LogP contribution is 2.24. The molecule has 6 heteroatoms. The van der Waals surface area contributed by atoms with Crippen LogP contribution in [0.15, 0.2) is 38.7 Å². The van der Waals surface area contributed by atoms with Crippen LogP contribution in [0, 0.1) is 28.9 Å². The van der Waals surface area contributed by atoms with E-state index < -0.39 is 5.91 Å². The van der Waals surface area contributed by atoms with Gasteiger partial charge >= 0.3 is 0 Å². The molecule has 1 aromatic carbocycles. The van der Waals surface area contributed by atoms with Crippen LogP contribution in [0.5, 0.6) is 0 Å². The van der Waals surface area contributed by atoms with Crippen molar-refractivity contribution < 1.29 is 9.21 Å². The summed E-state index contributed by atoms with van der Waals surface area (Å²) in [6.45, 7) is 3.96. The molecule has 0 saturated carbocycles. The monoisotopic (exact) mass is 470 g/mol. The van der Waals surface area contributed by atoms with Gasteiger partial charge in [-0.05, 0) is 59.1 Å². The summed E-state index contributed by atoms with van der Waals surface area (Å²) in [6, 6.07) is 9.21. The minimum atomic E-state index is -0.465. The van der Waals surface area contributed by atoms with Crippen LogP contribution < -0.4 is 5.32 Å². The summed E-state index contributed by atoms with van der Waals surface area (Å²) in [5.41, 5.74) is 2.86. The van der Waals surface area contributed by atoms with Crippen molar-refractivity contribution in [2.24, 2.45) is 0 Å². The molecule has 1 N–H and O–H groups in total. The van der Waals surface area contributed by atoms with E-state index in [4.69, 9.17) is 4.42 Å². The van der Waals surface area contributed by atoms with E-state index in [1.165, 1.54) is 6.08 Å². The van der Waals surface area contributed by atoms with Gasteiger partial charge in [0, 0.05) is 34.4 Å². The molecule has 0 bridgehead atoms. The lowest BCUT2D eigenvalue weighted by atomic mass is 10.1. The van der Waals surface area contributed by atoms with E-state index in [9.17, 15) is 10.1 Å². The number of nitrogens with zero attached hydrogens (tertiary/aromatic N) is 1. The summed E-state index contributed by atoms with van der Waals surface area (Å²) in [6.07, 6.45) is 1.42. The predicted molar refractivity (Wildman–Crippen MR) is 97.3 cm³/mol. The average Bonchev–Trinajstić information content (AvgIpc) is 2.78. The first kappa shape index (κ1) is 16.8. The summed E-state index contributed by atoms with van der Waals surface area (Å²) in [7, 11) is 0. The van der Waals surface area contributed by atoms with Crippen molar-refractivity contribution >= 4 is 56.2 Å². The molecule has 0 spiro atoms. The van der Waals surface area contributed by atoms with E-state index in [2.05, 4.69) is 21.2 Å². The number of furan rings is 1. The number of benzene rings is 1. The fraction of sp³-hybridized carbons (Fsp3) is 0.125. The van der Waals surface area contributed by atoms with Gasteiger partial charge in [0.1, 0.15) is 17.4 Å². The van der Waals surface area contributed by atoms with Crippen molar-refractivity contribution in [2.45, 2.75) is 13.8 Å². The molecule has 1 aromatic heterocycles. The molecule has 112 valence electrons. The number of carbonyl (C=O) groups is 1. The number of nitriles is 1. The lowest BCUT2D eigenvalue weighted by Crippen LogP contribution is -2.13. The Bertz CT molecular complexity index is 783. The molecule has 0 aliphatic rings. The third kappa shape index (κ3) is 3.99. The van der Waals surface area contributed by atoms with Crippen LogP contribution in [-0.4, -0.2) is 5.91 Å². The Balaban J connectivity index is 2.22. The number of halogens is 2. The minimum absolute atomic E-state index is 0.0177. The summed E-state index contributed by atoms with van der Waals surface area (Å²) in [5, 5.41) is 11.9. The summed E-state index contributed by atoms with van der Waals surface area (Å²) in [4.78, 5) is 12.2. The zero-order valence-electron chi connectivity index (χ0n) is 11.9. The SMILES string of the molecule is Cc1ccc(NC(=O)C(C#N)=Cc2cc(Br)c(I)o2)cc1C. The number of hydrogen-bond donors (Lipinski definition) is 1. The first-order valence-electron chi connectivity index (χ1n) is 6.36. The standard InChI is InChI=1S/C16H12BrIN2O2/c1-9-3-4-12(5-10(9)2)20-16(21)11(8-19)6-13-7-14(17)15(18)22-13/h3-7H,1-2H3,(H,20,21). The molecule has 0 fully saturated rings. The Labute approximate surface area is 150 Å². The second-order valence-corrected chi connectivity index (χ2v) is 6.53. The predicted octanol–water partition coefficient (Wildman–Crippen LogP) is 4.81. The number of rotatable bonds is 3. The van der Waals surface area contributed by atoms with Gasteiger partial charge in [0.25, 0.3) is 5.91 Å². The third-order valence-electron chi connectivity index (χ3n) is 3.08. The number of nitrogens with one attached hydrogen (secondary N) is 1. The molecule has 22 heavy (non-hydrogen) atoms. The topological polar surface area (TPSA) is 66.0 Å². The van der Waals surface area contributed by atoms with E-state index >= 15 is 0 Å². The van der Waals surface area contributed by atoms with Gasteiger partial charge in [-0.15, -0.1) is 0 Å². The van der Waals surface area contributed by atoms with Gasteiger partial charge in [-0.25, -0.2) is 0 Å². The second kappa shape index (κ2) is 7.11. The number of aryl methyl sites for hydroxylation is 2. The molecule has 0 saturated heterocycles. The van der Waals surface area contributed by atoms with Crippen molar-refractivity contribution in [3.63, 3.8) is 0 Å². The van der Waals surface area contributed by atoms with Gasteiger partial charge in [-0.2, -0.15) is 5.26 Å². The molecule has 0 radical (unpaired) electrons. The maximum atomic E-state index is 12.2. The van der Waals surface area contributed by atoms with Crippen LogP contribution in [0.3, 0.4) is 0 Å². The smallest absolute Gasteiger partial charge is 0.266 e. The highest BCUT2D eigenvalue weighted by molar-refractivity contribution is 14.1. The van der Waals surface area contributed by atoms with Crippen LogP contribution in [0.2, 0.25) is 0 Å². The van der Waals surface area contributed by atoms with Crippen LogP contribution in [0.1, 0.15) is 16.9 Å². The molecule has 4 nitrogen and oxygen atoms in total. The Hall–Kier alpha value is -1.59. The van der Waals surface area contributed by atoms with E-state index in [0.717, 1.165) is 15.6 Å². The average molecular weight is 471 g/mol. The maximum Gasteiger partial charge on any atom is 0.266 e. The van der Waals surface area contributed by atoms with E-state index in [1.807, 2.05) is 60.7 Å². The molecule has 2 aromatic rings. The van der Waals surface area contributed by atoms with Gasteiger partial charge in [0.05, 0.1) is 4.47 Å². The van der Waals surface area contributed by atoms with Crippen molar-refractivity contribution in [1.82, 2.24) is 0 Å². The van der Waals surface area contributed by atoms with Crippen LogP contribution in [-0.2, 0) is 4.79 Å². The van der Waals surface area contributed by atoms with E-state index in [-0.39, 0.29) is 5.57 Å². The lowest BCUT2D eigenvalue weighted by Gasteiger charge is -2.06. The van der Waals surface area contributed by atoms with Crippen LogP contribution >= 0.6 is 38.5 Å². The number of carbonyl (C=O) groups excluding carboxylic acids is 1. The minimum Gasteiger partial charge on any atom is -0.450 e. The zero-order valence-corrected chi connectivity index (χ0v) is 15.6. The first-order valence-corrected chi connectivity index (χ1v) is 8.23. The fourth-order valence-electron chi connectivity index (χ4n) is 1.74. The van der Waals surface area contributed by atoms with Gasteiger partial charge in [0.15, 0.2) is 3.77 Å². The van der Waals surface area contributed by atoms with Crippen LogP contribution in [0.25, 0.3) is 6.08 Å². The quantitative estimate of drug-likeness (QED) is 0.397. The maximum absolute atomic E-state index is 12.2. The van der Waals surface area contributed by atoms with Crippen molar-refractivity contribution in [2.75, 3.05) is 5.32 Å². The normalized spacial score (nSPS) is 11.1. The second-order valence-electron chi connectivity index (χ2n) is 4.69. The highest BCUT2D eigenvalue weighted by atomic mass is 127. The first-order chi connectivity index (χ1) is 10.4. The van der Waals surface area contributed by atoms with Gasteiger partial charge in [0.2, 0.25) is 0 Å². The Morgan fingerprint density at radius 3 is 2.64 bits per heavy atom. The molecule has 0 aliphatic carbocycles. The lowest BCUT2D eigenvalue weighted by molar-refractivity contribution is -0.112. The van der Waals surface area contributed by atoms with Gasteiger partial charge < -0.3 is 9.73 Å². The fourth-order valence-corrected chi connectivity index (χ4v) is 2.46. The zero-order chi connectivity index (χ0) is 16.3. The summed E-state index contributed by atoms with van der Waals surface area (Å²) in [5.74, 6) is -0.0173. The molecular weight excluding hydrogens is 459 g/mol. The largest absolute Gasteiger partial charge is 0.450 e. The molecule has 0 atom stereocenters. The van der Waals surface area contributed by atoms with E-state index in [0.29, 0.717) is 15.2 Å². The molecule has 0 unspecified atom stereocenters. The van der Waals surface area contributed by atoms with Crippen molar-refractivity contribution in [3.8, 4) is 6.07 Å². The Kier molecular flexibility index (Phi) is 5.42. The number of anilines is 1. The highest BCUT2D eigenvalue weighted by Gasteiger charge is 2.12. The Morgan fingerprint density at radius 2 is 2.09 bits per heavy atom. The molecule has 0 aliphatic heterocycles. The molecule has 1 amide bonds. The number of amides is 1. The van der Waals surface area contributed by atoms with Gasteiger partial charge in [-0.3, -0.25) is 4.79 Å². The van der Waals surface area contributed by atoms with Crippen molar-refractivity contribution in [3.05, 3.63) is 55.0 Å². The van der Waals surface area contributed by atoms with E-state index in [1.54, 1.807) is 6.07 Å². The summed E-state index contributed by atoms with van der Waals surface area (Å²) < 4.78 is 6.86. The molecule has 2 rings (SSSR count). The van der Waals surface area contributed by atoms with Gasteiger partial charge in [-0.1, -0.05) is 6.07 Å². The van der Waals surface area contributed by atoms with Crippen molar-refractivity contribution in [1.29, 1.82) is 5.26 Å². The number of hydrogen-bond acceptors (Lipinski definition) is 3. The molecular formula is C16H12BrIN2O2. The molecule has 1 heterocycles. The summed E-state index contributed by atoms with van der Waals surface area (Å²) >= 11 is 5.34. The third-order valence-corrected chi connectivity index (χ3v) is 5.21.